The second-order valence-electron chi connectivity index (χ2n) is 4.90. The Balaban J connectivity index is 1.80. The van der Waals surface area contributed by atoms with Crippen LogP contribution in [0.4, 0.5) is 0 Å². The number of fused-ring (bicyclic) bond motifs is 1. The number of carbonyl (C=O) groups is 2. The molecule has 2 aliphatic carbocycles. The molecule has 0 radical (unpaired) electrons. The zero-order chi connectivity index (χ0) is 11.4. The number of ether oxygens (including phenoxy) is 2. The van der Waals surface area contributed by atoms with Gasteiger partial charge in [-0.05, 0) is 12.3 Å². The number of hydrogen-bond donors (Lipinski definition) is 0. The predicted molar refractivity (Wildman–Crippen MR) is 62.9 cm³/mol. The third-order valence-electron chi connectivity index (χ3n) is 4.17. The Hall–Kier alpha value is -0.330. The fraction of sp³-hybridized carbons (Fsp3) is 0.818. The van der Waals surface area contributed by atoms with E-state index in [2.05, 4.69) is 22.6 Å². The number of hydrogen-bond acceptors (Lipinski definition) is 4. The van der Waals surface area contributed by atoms with Gasteiger partial charge in [-0.2, -0.15) is 0 Å². The van der Waals surface area contributed by atoms with Gasteiger partial charge in [0.05, 0.1) is 16.4 Å². The molecule has 2 bridgehead atoms. The standard InChI is InChI=1S/C11H13IO4/c1-4(13)15-3-7-5-2-6-8(7)11(14)16-10(6)9(5)12/h5-10H,2-3H2,1H3/t5-,6+,7+,8+,9+,10+/m1/s1. The fourth-order valence-corrected chi connectivity index (χ4v) is 5.07. The molecule has 1 heterocycles. The fourth-order valence-electron chi connectivity index (χ4n) is 3.56. The van der Waals surface area contributed by atoms with Crippen LogP contribution in [-0.4, -0.2) is 28.6 Å². The average Bonchev–Trinajstić information content (AvgIpc) is 2.79. The van der Waals surface area contributed by atoms with Gasteiger partial charge >= 0.3 is 11.9 Å². The van der Waals surface area contributed by atoms with Gasteiger partial charge in [0.15, 0.2) is 0 Å². The maximum atomic E-state index is 11.7. The highest BCUT2D eigenvalue weighted by Gasteiger charge is 2.65. The van der Waals surface area contributed by atoms with Crippen LogP contribution >= 0.6 is 22.6 Å². The lowest BCUT2D eigenvalue weighted by Crippen LogP contribution is -2.36. The van der Waals surface area contributed by atoms with Crippen LogP contribution in [0, 0.1) is 23.7 Å². The van der Waals surface area contributed by atoms with E-state index < -0.39 is 0 Å². The largest absolute Gasteiger partial charge is 0.466 e. The molecule has 3 fully saturated rings. The van der Waals surface area contributed by atoms with E-state index in [0.29, 0.717) is 22.4 Å². The second-order valence-corrected chi connectivity index (χ2v) is 6.34. The minimum absolute atomic E-state index is 0.0136. The van der Waals surface area contributed by atoms with Crippen LogP contribution in [0.3, 0.4) is 0 Å². The molecule has 1 saturated heterocycles. The summed E-state index contributed by atoms with van der Waals surface area (Å²) in [5.41, 5.74) is 0. The number of alkyl halides is 1. The van der Waals surface area contributed by atoms with Crippen molar-refractivity contribution in [3.63, 3.8) is 0 Å². The molecule has 3 aliphatic rings. The van der Waals surface area contributed by atoms with E-state index in [0.717, 1.165) is 6.42 Å². The Morgan fingerprint density at radius 3 is 3.00 bits per heavy atom. The van der Waals surface area contributed by atoms with Gasteiger partial charge in [0.2, 0.25) is 0 Å². The van der Waals surface area contributed by atoms with Crippen LogP contribution < -0.4 is 0 Å². The minimum Gasteiger partial charge on any atom is -0.466 e. The molecule has 0 unspecified atom stereocenters. The lowest BCUT2D eigenvalue weighted by atomic mass is 9.80. The number of halogens is 1. The molecular weight excluding hydrogens is 323 g/mol. The Kier molecular flexibility index (Phi) is 2.42. The zero-order valence-electron chi connectivity index (χ0n) is 8.89. The van der Waals surface area contributed by atoms with Crippen molar-refractivity contribution in [2.24, 2.45) is 23.7 Å². The summed E-state index contributed by atoms with van der Waals surface area (Å²) >= 11 is 2.38. The van der Waals surface area contributed by atoms with Gasteiger partial charge in [-0.3, -0.25) is 9.59 Å². The number of esters is 2. The van der Waals surface area contributed by atoms with Crippen LogP contribution in [0.2, 0.25) is 0 Å². The van der Waals surface area contributed by atoms with Crippen molar-refractivity contribution in [1.29, 1.82) is 0 Å². The molecule has 6 atom stereocenters. The van der Waals surface area contributed by atoms with Crippen LogP contribution in [0.15, 0.2) is 0 Å². The summed E-state index contributed by atoms with van der Waals surface area (Å²) in [4.78, 5) is 22.6. The first-order chi connectivity index (χ1) is 7.59. The van der Waals surface area contributed by atoms with E-state index in [1.54, 1.807) is 0 Å². The minimum atomic E-state index is -0.268. The maximum absolute atomic E-state index is 11.7. The summed E-state index contributed by atoms with van der Waals surface area (Å²) in [6.07, 6.45) is 1.18. The first-order valence-corrected chi connectivity index (χ1v) is 6.82. The van der Waals surface area contributed by atoms with E-state index in [-0.39, 0.29) is 29.9 Å². The Morgan fingerprint density at radius 1 is 1.56 bits per heavy atom. The maximum Gasteiger partial charge on any atom is 0.310 e. The van der Waals surface area contributed by atoms with Crippen molar-refractivity contribution >= 4 is 34.5 Å². The predicted octanol–water partition coefficient (Wildman–Crippen LogP) is 1.16. The molecule has 1 aliphatic heterocycles. The Bertz CT molecular complexity index is 356. The Labute approximate surface area is 107 Å². The molecule has 3 rings (SSSR count). The zero-order valence-corrected chi connectivity index (χ0v) is 11.0. The van der Waals surface area contributed by atoms with Gasteiger partial charge in [0.1, 0.15) is 6.10 Å². The van der Waals surface area contributed by atoms with Crippen LogP contribution in [0.1, 0.15) is 13.3 Å². The molecule has 88 valence electrons. The monoisotopic (exact) mass is 336 g/mol. The lowest BCUT2D eigenvalue weighted by Gasteiger charge is -2.27. The van der Waals surface area contributed by atoms with E-state index in [9.17, 15) is 9.59 Å². The van der Waals surface area contributed by atoms with E-state index in [1.165, 1.54) is 6.92 Å². The molecule has 5 heteroatoms. The highest BCUT2D eigenvalue weighted by Crippen LogP contribution is 2.59. The van der Waals surface area contributed by atoms with Crippen molar-refractivity contribution in [2.45, 2.75) is 23.4 Å². The van der Waals surface area contributed by atoms with E-state index >= 15 is 0 Å². The summed E-state index contributed by atoms with van der Waals surface area (Å²) in [5.74, 6) is 0.679. The molecule has 0 spiro atoms. The van der Waals surface area contributed by atoms with Gasteiger partial charge < -0.3 is 9.47 Å². The van der Waals surface area contributed by atoms with Crippen LogP contribution in [-0.2, 0) is 19.1 Å². The normalized spacial score (nSPS) is 48.2. The summed E-state index contributed by atoms with van der Waals surface area (Å²) in [6, 6.07) is 0. The van der Waals surface area contributed by atoms with Crippen molar-refractivity contribution in [3.8, 4) is 0 Å². The van der Waals surface area contributed by atoms with E-state index in [4.69, 9.17) is 9.47 Å². The quantitative estimate of drug-likeness (QED) is 0.431. The summed E-state index contributed by atoms with van der Waals surface area (Å²) in [6.45, 7) is 1.78. The van der Waals surface area contributed by atoms with Crippen molar-refractivity contribution in [1.82, 2.24) is 0 Å². The highest BCUT2D eigenvalue weighted by atomic mass is 127. The smallest absolute Gasteiger partial charge is 0.310 e. The molecule has 4 nitrogen and oxygen atoms in total. The number of carbonyl (C=O) groups excluding carboxylic acids is 2. The molecule has 2 saturated carbocycles. The lowest BCUT2D eigenvalue weighted by molar-refractivity contribution is -0.148. The van der Waals surface area contributed by atoms with Gasteiger partial charge in [-0.1, -0.05) is 22.6 Å². The molecule has 0 aromatic carbocycles. The third-order valence-corrected chi connectivity index (χ3v) is 5.80. The van der Waals surface area contributed by atoms with Gasteiger partial charge in [-0.15, -0.1) is 0 Å². The molecule has 0 amide bonds. The SMILES string of the molecule is CC(=O)OC[C@H]1[C@H]2C[C@@H]3[C@H](OC(=O)[C@@H]31)[C@H]2I. The molecule has 16 heavy (non-hydrogen) atoms. The molecule has 0 aromatic rings. The van der Waals surface area contributed by atoms with Crippen LogP contribution in [0.5, 0.6) is 0 Å². The van der Waals surface area contributed by atoms with Crippen LogP contribution in [0.25, 0.3) is 0 Å². The summed E-state index contributed by atoms with van der Waals surface area (Å²) < 4.78 is 10.9. The number of rotatable bonds is 2. The van der Waals surface area contributed by atoms with Crippen molar-refractivity contribution in [3.05, 3.63) is 0 Å². The van der Waals surface area contributed by atoms with E-state index in [1.807, 2.05) is 0 Å². The first-order valence-electron chi connectivity index (χ1n) is 5.57. The topological polar surface area (TPSA) is 52.6 Å². The average molecular weight is 336 g/mol. The van der Waals surface area contributed by atoms with Gasteiger partial charge in [0, 0.05) is 18.8 Å². The second kappa shape index (κ2) is 3.58. The first kappa shape index (κ1) is 10.8. The third kappa shape index (κ3) is 1.33. The summed E-state index contributed by atoms with van der Waals surface area (Å²) in [7, 11) is 0. The highest BCUT2D eigenvalue weighted by molar-refractivity contribution is 14.1. The summed E-state index contributed by atoms with van der Waals surface area (Å²) in [5, 5.41) is 0. The molecule has 0 N–H and O–H groups in total. The van der Waals surface area contributed by atoms with Gasteiger partial charge in [-0.25, -0.2) is 0 Å². The van der Waals surface area contributed by atoms with Crippen molar-refractivity contribution < 1.29 is 19.1 Å². The molecule has 0 aromatic heterocycles. The van der Waals surface area contributed by atoms with Crippen molar-refractivity contribution in [2.75, 3.05) is 6.61 Å². The molecular formula is C11H13IO4. The van der Waals surface area contributed by atoms with Gasteiger partial charge in [0.25, 0.3) is 0 Å². The Morgan fingerprint density at radius 2 is 2.31 bits per heavy atom.